The molecule has 0 heterocycles. The highest BCUT2D eigenvalue weighted by atomic mass is 35.5. The molecule has 0 atom stereocenters. The smallest absolute Gasteiger partial charge is 0.269 e. The van der Waals surface area contributed by atoms with Gasteiger partial charge in [-0.15, -0.1) is 0 Å². The number of aromatic hydroxyl groups is 2. The predicted molar refractivity (Wildman–Crippen MR) is 103 cm³/mol. The first-order chi connectivity index (χ1) is 12.3. The summed E-state index contributed by atoms with van der Waals surface area (Å²) in [6, 6.07) is 15.7. The van der Waals surface area contributed by atoms with Crippen molar-refractivity contribution >= 4 is 40.5 Å². The van der Waals surface area contributed by atoms with Gasteiger partial charge in [0.1, 0.15) is 11.5 Å². The van der Waals surface area contributed by atoms with Crippen LogP contribution in [0.4, 0.5) is 5.69 Å². The van der Waals surface area contributed by atoms with Crippen molar-refractivity contribution in [3.63, 3.8) is 0 Å². The fraction of sp³-hybridized carbons (Fsp3) is 0. The number of phenolic OH excluding ortho intramolecular Hbond substituents is 2. The fourth-order valence-corrected chi connectivity index (χ4v) is 2.48. The SMILES string of the molecule is O=[N+]([O-])c1ccc(-c2ccc(O)cc2)cc1.Oc1cc(Cl)c(Cl)cc1Cl. The Morgan fingerprint density at radius 2 is 1.19 bits per heavy atom. The molecule has 8 heteroatoms. The van der Waals surface area contributed by atoms with Crippen LogP contribution < -0.4 is 0 Å². The van der Waals surface area contributed by atoms with Crippen LogP contribution >= 0.6 is 34.8 Å². The van der Waals surface area contributed by atoms with Gasteiger partial charge in [0.15, 0.2) is 0 Å². The van der Waals surface area contributed by atoms with E-state index in [9.17, 15) is 10.1 Å². The molecule has 3 aromatic rings. The summed E-state index contributed by atoms with van der Waals surface area (Å²) >= 11 is 16.6. The first-order valence-electron chi connectivity index (χ1n) is 7.15. The highest BCUT2D eigenvalue weighted by Gasteiger charge is 2.05. The van der Waals surface area contributed by atoms with E-state index in [1.54, 1.807) is 36.4 Å². The topological polar surface area (TPSA) is 83.6 Å². The second-order valence-corrected chi connectivity index (χ2v) is 6.29. The molecule has 3 rings (SSSR count). The van der Waals surface area contributed by atoms with Gasteiger partial charge in [0.05, 0.1) is 20.0 Å². The predicted octanol–water partition coefficient (Wildman–Crippen LogP) is 6.32. The maximum Gasteiger partial charge on any atom is 0.269 e. The molecule has 0 aliphatic rings. The molecule has 0 amide bonds. The molecule has 0 radical (unpaired) electrons. The zero-order valence-corrected chi connectivity index (χ0v) is 15.3. The minimum absolute atomic E-state index is 0.0592. The number of halogens is 3. The Morgan fingerprint density at radius 1 is 0.731 bits per heavy atom. The van der Waals surface area contributed by atoms with Crippen LogP contribution in [0.5, 0.6) is 11.5 Å². The van der Waals surface area contributed by atoms with Gasteiger partial charge in [-0.1, -0.05) is 46.9 Å². The van der Waals surface area contributed by atoms with Crippen molar-refractivity contribution in [1.82, 2.24) is 0 Å². The van der Waals surface area contributed by atoms with Gasteiger partial charge in [-0.2, -0.15) is 0 Å². The Balaban J connectivity index is 0.000000209. The third-order valence-corrected chi connectivity index (χ3v) is 4.29. The van der Waals surface area contributed by atoms with E-state index in [1.807, 2.05) is 0 Å². The van der Waals surface area contributed by atoms with Gasteiger partial charge < -0.3 is 10.2 Å². The number of nitro groups is 1. The van der Waals surface area contributed by atoms with Crippen LogP contribution in [0.15, 0.2) is 60.7 Å². The highest BCUT2D eigenvalue weighted by molar-refractivity contribution is 6.43. The Bertz CT molecular complexity index is 863. The molecule has 0 bridgehead atoms. The number of rotatable bonds is 2. The summed E-state index contributed by atoms with van der Waals surface area (Å²) in [5, 5.41) is 29.4. The summed E-state index contributed by atoms with van der Waals surface area (Å²) in [5.41, 5.74) is 1.86. The molecule has 0 spiro atoms. The van der Waals surface area contributed by atoms with Crippen LogP contribution in [0.25, 0.3) is 11.1 Å². The van der Waals surface area contributed by atoms with Gasteiger partial charge in [-0.3, -0.25) is 10.1 Å². The van der Waals surface area contributed by atoms with E-state index in [4.69, 9.17) is 45.0 Å². The Labute approximate surface area is 164 Å². The van der Waals surface area contributed by atoms with Gasteiger partial charge >= 0.3 is 0 Å². The number of benzene rings is 3. The second kappa shape index (κ2) is 8.76. The monoisotopic (exact) mass is 411 g/mol. The van der Waals surface area contributed by atoms with E-state index < -0.39 is 4.92 Å². The number of hydrogen-bond acceptors (Lipinski definition) is 4. The quantitative estimate of drug-likeness (QED) is 0.293. The lowest BCUT2D eigenvalue weighted by Crippen LogP contribution is -1.86. The Hall–Kier alpha value is -2.47. The average molecular weight is 413 g/mol. The molecule has 0 unspecified atom stereocenters. The summed E-state index contributed by atoms with van der Waals surface area (Å²) in [5.74, 6) is 0.140. The molecule has 0 fully saturated rings. The van der Waals surface area contributed by atoms with Crippen molar-refractivity contribution in [3.8, 4) is 22.6 Å². The zero-order chi connectivity index (χ0) is 19.3. The summed E-state index contributed by atoms with van der Waals surface area (Å²) < 4.78 is 0. The largest absolute Gasteiger partial charge is 0.508 e. The molecule has 3 aromatic carbocycles. The van der Waals surface area contributed by atoms with Crippen LogP contribution in [0.2, 0.25) is 15.1 Å². The third-order valence-electron chi connectivity index (χ3n) is 3.27. The number of non-ortho nitro benzene ring substituents is 1. The van der Waals surface area contributed by atoms with E-state index in [1.165, 1.54) is 24.3 Å². The molecular formula is C18H12Cl3NO4. The van der Waals surface area contributed by atoms with Gasteiger partial charge in [0.2, 0.25) is 0 Å². The minimum Gasteiger partial charge on any atom is -0.508 e. The van der Waals surface area contributed by atoms with Gasteiger partial charge in [-0.05, 0) is 41.5 Å². The normalized spacial score (nSPS) is 9.96. The van der Waals surface area contributed by atoms with Crippen molar-refractivity contribution in [2.75, 3.05) is 0 Å². The van der Waals surface area contributed by atoms with Crippen LogP contribution in [-0.4, -0.2) is 15.1 Å². The highest BCUT2D eigenvalue weighted by Crippen LogP contribution is 2.32. The average Bonchev–Trinajstić information content (AvgIpc) is 2.61. The van der Waals surface area contributed by atoms with E-state index >= 15 is 0 Å². The van der Waals surface area contributed by atoms with Crippen molar-refractivity contribution in [2.24, 2.45) is 0 Å². The van der Waals surface area contributed by atoms with E-state index in [0.717, 1.165) is 11.1 Å². The van der Waals surface area contributed by atoms with Gasteiger partial charge in [0, 0.05) is 18.2 Å². The third kappa shape index (κ3) is 5.26. The van der Waals surface area contributed by atoms with Crippen LogP contribution in [0.1, 0.15) is 0 Å². The molecule has 0 aliphatic heterocycles. The van der Waals surface area contributed by atoms with Crippen LogP contribution in [-0.2, 0) is 0 Å². The molecule has 0 aliphatic carbocycles. The molecule has 134 valence electrons. The first kappa shape index (κ1) is 19.8. The maximum absolute atomic E-state index is 10.5. The standard InChI is InChI=1S/C12H9NO3.C6H3Cl3O/c14-12-7-3-10(4-8-12)9-1-5-11(6-2-9)13(15)16;7-3-1-5(9)6(10)2-4(3)8/h1-8,14H;1-2,10H. The summed E-state index contributed by atoms with van der Waals surface area (Å²) in [4.78, 5) is 10.0. The van der Waals surface area contributed by atoms with E-state index in [-0.39, 0.29) is 22.2 Å². The van der Waals surface area contributed by atoms with Crippen LogP contribution in [0, 0.1) is 10.1 Å². The van der Waals surface area contributed by atoms with Gasteiger partial charge in [-0.25, -0.2) is 0 Å². The Kier molecular flexibility index (Phi) is 6.69. The van der Waals surface area contributed by atoms with Crippen molar-refractivity contribution in [2.45, 2.75) is 0 Å². The summed E-state index contributed by atoms with van der Waals surface area (Å²) in [6.45, 7) is 0. The molecule has 5 nitrogen and oxygen atoms in total. The van der Waals surface area contributed by atoms with E-state index in [0.29, 0.717) is 10.0 Å². The maximum atomic E-state index is 10.5. The van der Waals surface area contributed by atoms with Gasteiger partial charge in [0.25, 0.3) is 5.69 Å². The number of nitro benzene ring substituents is 1. The lowest BCUT2D eigenvalue weighted by molar-refractivity contribution is -0.384. The zero-order valence-electron chi connectivity index (χ0n) is 13.1. The molecule has 0 saturated carbocycles. The molecule has 0 aromatic heterocycles. The molecular weight excluding hydrogens is 401 g/mol. The van der Waals surface area contributed by atoms with Crippen molar-refractivity contribution in [3.05, 3.63) is 85.8 Å². The molecule has 26 heavy (non-hydrogen) atoms. The molecule has 2 N–H and O–H groups in total. The van der Waals surface area contributed by atoms with E-state index in [2.05, 4.69) is 0 Å². The van der Waals surface area contributed by atoms with Crippen molar-refractivity contribution < 1.29 is 15.1 Å². The summed E-state index contributed by atoms with van der Waals surface area (Å²) in [7, 11) is 0. The number of phenols is 2. The Morgan fingerprint density at radius 3 is 1.65 bits per heavy atom. The lowest BCUT2D eigenvalue weighted by Gasteiger charge is -2.01. The second-order valence-electron chi connectivity index (χ2n) is 5.07. The number of nitrogens with zero attached hydrogens (tertiary/aromatic N) is 1. The fourth-order valence-electron chi connectivity index (χ4n) is 1.94. The number of hydrogen-bond donors (Lipinski definition) is 2. The van der Waals surface area contributed by atoms with Crippen molar-refractivity contribution in [1.29, 1.82) is 0 Å². The lowest BCUT2D eigenvalue weighted by atomic mass is 10.1. The summed E-state index contributed by atoms with van der Waals surface area (Å²) in [6.07, 6.45) is 0. The van der Waals surface area contributed by atoms with Crippen LogP contribution in [0.3, 0.4) is 0 Å². The molecule has 0 saturated heterocycles. The minimum atomic E-state index is -0.430. The first-order valence-corrected chi connectivity index (χ1v) is 8.28.